The lowest BCUT2D eigenvalue weighted by Crippen LogP contribution is -2.15. The molecule has 0 radical (unpaired) electrons. The normalized spacial score (nSPS) is 10.9. The smallest absolute Gasteiger partial charge is 0.344 e. The molecule has 0 unspecified atom stereocenters. The van der Waals surface area contributed by atoms with Crippen LogP contribution in [0.3, 0.4) is 0 Å². The van der Waals surface area contributed by atoms with Crippen LogP contribution in [-0.4, -0.2) is 39.4 Å². The topological polar surface area (TPSA) is 89.5 Å². The van der Waals surface area contributed by atoms with Crippen molar-refractivity contribution in [2.45, 2.75) is 105 Å². The van der Waals surface area contributed by atoms with E-state index in [1.54, 1.807) is 50.6 Å². The van der Waals surface area contributed by atoms with Gasteiger partial charge < -0.3 is 28.4 Å². The van der Waals surface area contributed by atoms with Gasteiger partial charge in [0.25, 0.3) is 0 Å². The molecular formula is C58H66O8. The molecule has 0 aliphatic heterocycles. The van der Waals surface area contributed by atoms with Gasteiger partial charge in [-0.15, -0.1) is 0 Å². The van der Waals surface area contributed by atoms with Crippen molar-refractivity contribution in [1.82, 2.24) is 0 Å². The minimum absolute atomic E-state index is 0.234. The highest BCUT2D eigenvalue weighted by molar-refractivity contribution is 6.06. The number of carbonyl (C=O) groups is 2. The molecule has 0 bridgehead atoms. The molecule has 0 spiro atoms. The lowest BCUT2D eigenvalue weighted by molar-refractivity contribution is 0.0723. The van der Waals surface area contributed by atoms with Crippen LogP contribution in [0.25, 0.3) is 33.4 Å². The van der Waals surface area contributed by atoms with E-state index in [9.17, 15) is 9.59 Å². The van der Waals surface area contributed by atoms with Gasteiger partial charge in [0.2, 0.25) is 0 Å². The Hall–Kier alpha value is -6.54. The summed E-state index contributed by atoms with van der Waals surface area (Å²) in [6.07, 6.45) is 14.7. The van der Waals surface area contributed by atoms with Crippen molar-refractivity contribution in [1.29, 1.82) is 0 Å². The lowest BCUT2D eigenvalue weighted by Gasteiger charge is -2.20. The molecule has 0 atom stereocenters. The molecular weight excluding hydrogens is 825 g/mol. The molecule has 0 aliphatic carbocycles. The molecule has 0 amide bonds. The van der Waals surface area contributed by atoms with Crippen molar-refractivity contribution in [2.24, 2.45) is 0 Å². The Bertz CT molecular complexity index is 2280. The summed E-state index contributed by atoms with van der Waals surface area (Å²) in [5, 5.41) is 0. The summed E-state index contributed by atoms with van der Waals surface area (Å²) < 4.78 is 35.2. The summed E-state index contributed by atoms with van der Waals surface area (Å²) in [5.41, 5.74) is 6.92. The highest BCUT2D eigenvalue weighted by atomic mass is 16.5. The maximum Gasteiger partial charge on any atom is 0.344 e. The van der Waals surface area contributed by atoms with Gasteiger partial charge in [-0.05, 0) is 133 Å². The molecule has 0 fully saturated rings. The van der Waals surface area contributed by atoms with E-state index in [0.717, 1.165) is 46.6 Å². The van der Waals surface area contributed by atoms with Crippen molar-refractivity contribution < 1.29 is 38.0 Å². The Kier molecular flexibility index (Phi) is 18.7. The highest BCUT2D eigenvalue weighted by Crippen LogP contribution is 2.39. The van der Waals surface area contributed by atoms with Gasteiger partial charge in [-0.2, -0.15) is 0 Å². The fourth-order valence-electron chi connectivity index (χ4n) is 8.12. The van der Waals surface area contributed by atoms with Crippen LogP contribution in [0.1, 0.15) is 123 Å². The average Bonchev–Trinajstić information content (AvgIpc) is 3.34. The first-order chi connectivity index (χ1) is 32.2. The third-order valence-electron chi connectivity index (χ3n) is 11.8. The Balaban J connectivity index is 1.15. The van der Waals surface area contributed by atoms with Crippen molar-refractivity contribution in [3.05, 3.63) is 144 Å². The summed E-state index contributed by atoms with van der Waals surface area (Å²) >= 11 is 0. The zero-order chi connectivity index (χ0) is 46.7. The molecule has 66 heavy (non-hydrogen) atoms. The number of rotatable bonds is 25. The van der Waals surface area contributed by atoms with E-state index in [-0.39, 0.29) is 11.1 Å². The molecule has 0 N–H and O–H groups in total. The van der Waals surface area contributed by atoms with Gasteiger partial charge in [0.05, 0.1) is 38.6 Å². The molecule has 0 aromatic heterocycles. The van der Waals surface area contributed by atoms with E-state index < -0.39 is 11.9 Å². The first-order valence-electron chi connectivity index (χ1n) is 23.7. The fourth-order valence-corrected chi connectivity index (χ4v) is 8.12. The minimum Gasteiger partial charge on any atom is -0.497 e. The Morgan fingerprint density at radius 1 is 0.379 bits per heavy atom. The van der Waals surface area contributed by atoms with E-state index >= 15 is 0 Å². The SMILES string of the molecule is CCCCCCCCOc1ccc(-c2ccc(OC(=O)c3cc(OC)cc(C)c3-c3c(C)cc(OC)cc3C(=O)Oc3ccc(-c4ccc(OCCCCCCCC)cc4)cc3)cc2)cc1. The second-order valence-electron chi connectivity index (χ2n) is 16.8. The van der Waals surface area contributed by atoms with Gasteiger partial charge in [-0.3, -0.25) is 0 Å². The largest absolute Gasteiger partial charge is 0.497 e. The molecule has 0 aliphatic rings. The number of carbonyl (C=O) groups excluding carboxylic acids is 2. The fraction of sp³-hybridized carbons (Fsp3) is 0.345. The molecule has 346 valence electrons. The number of methoxy groups -OCH3 is 2. The molecule has 8 heteroatoms. The highest BCUT2D eigenvalue weighted by Gasteiger charge is 2.26. The molecule has 0 saturated carbocycles. The maximum atomic E-state index is 14.2. The number of unbranched alkanes of at least 4 members (excludes halogenated alkanes) is 10. The summed E-state index contributed by atoms with van der Waals surface area (Å²) in [6.45, 7) is 9.64. The van der Waals surface area contributed by atoms with Gasteiger partial charge in [0.1, 0.15) is 34.5 Å². The first-order valence-corrected chi connectivity index (χ1v) is 23.7. The van der Waals surface area contributed by atoms with E-state index in [0.29, 0.717) is 58.5 Å². The van der Waals surface area contributed by atoms with Crippen LogP contribution in [-0.2, 0) is 0 Å². The quantitative estimate of drug-likeness (QED) is 0.0319. The minimum atomic E-state index is -0.603. The zero-order valence-electron chi connectivity index (χ0n) is 39.7. The third-order valence-corrected chi connectivity index (χ3v) is 11.8. The van der Waals surface area contributed by atoms with Crippen molar-refractivity contribution in [2.75, 3.05) is 27.4 Å². The second-order valence-corrected chi connectivity index (χ2v) is 16.8. The summed E-state index contributed by atoms with van der Waals surface area (Å²) in [4.78, 5) is 28.5. The Labute approximate surface area is 392 Å². The summed E-state index contributed by atoms with van der Waals surface area (Å²) in [6, 6.07) is 37.8. The second kappa shape index (κ2) is 25.2. The van der Waals surface area contributed by atoms with Crippen LogP contribution in [0.4, 0.5) is 0 Å². The van der Waals surface area contributed by atoms with Crippen LogP contribution in [0.15, 0.2) is 121 Å². The van der Waals surface area contributed by atoms with Crippen LogP contribution >= 0.6 is 0 Å². The predicted octanol–water partition coefficient (Wildman–Crippen LogP) is 15.2. The van der Waals surface area contributed by atoms with Crippen molar-refractivity contribution >= 4 is 11.9 Å². The van der Waals surface area contributed by atoms with Gasteiger partial charge in [0.15, 0.2) is 0 Å². The monoisotopic (exact) mass is 890 g/mol. The molecule has 6 rings (SSSR count). The molecule has 0 saturated heterocycles. The van der Waals surface area contributed by atoms with E-state index in [1.165, 1.54) is 64.2 Å². The first kappa shape index (κ1) is 48.9. The molecule has 8 nitrogen and oxygen atoms in total. The maximum absolute atomic E-state index is 14.2. The number of hydrogen-bond acceptors (Lipinski definition) is 8. The standard InChI is InChI=1S/C58H66O8/c1-7-9-11-13-15-17-35-63-47-27-19-43(20-28-47)45-23-31-49(32-24-45)65-57(59)53-39-51(61-5)37-41(3)55(53)56-42(4)38-52(62-6)40-54(56)58(60)66-50-33-25-46(26-34-50)44-21-29-48(30-22-44)64-36-18-16-14-12-10-8-2/h19-34,37-40H,7-18,35-36H2,1-6H3. The van der Waals surface area contributed by atoms with Crippen molar-refractivity contribution in [3.8, 4) is 67.9 Å². The Morgan fingerprint density at radius 2 is 0.682 bits per heavy atom. The van der Waals surface area contributed by atoms with E-state index in [4.69, 9.17) is 28.4 Å². The van der Waals surface area contributed by atoms with Crippen LogP contribution in [0, 0.1) is 13.8 Å². The summed E-state index contributed by atoms with van der Waals surface area (Å²) in [7, 11) is 3.09. The molecule has 0 heterocycles. The number of aryl methyl sites for hydroxylation is 2. The number of benzene rings is 6. The van der Waals surface area contributed by atoms with Gasteiger partial charge in [0, 0.05) is 11.1 Å². The van der Waals surface area contributed by atoms with Crippen LogP contribution in [0.5, 0.6) is 34.5 Å². The molecule has 6 aromatic carbocycles. The lowest BCUT2D eigenvalue weighted by atomic mass is 9.88. The van der Waals surface area contributed by atoms with Crippen LogP contribution in [0.2, 0.25) is 0 Å². The van der Waals surface area contributed by atoms with Crippen molar-refractivity contribution in [3.63, 3.8) is 0 Å². The van der Waals surface area contributed by atoms with Gasteiger partial charge in [-0.25, -0.2) is 9.59 Å². The number of hydrogen-bond donors (Lipinski definition) is 0. The number of esters is 2. The predicted molar refractivity (Wildman–Crippen MR) is 266 cm³/mol. The molecule has 6 aromatic rings. The van der Waals surface area contributed by atoms with Gasteiger partial charge >= 0.3 is 11.9 Å². The average molecular weight is 891 g/mol. The third kappa shape index (κ3) is 13.7. The van der Waals surface area contributed by atoms with E-state index in [1.807, 2.05) is 98.8 Å². The Morgan fingerprint density at radius 3 is 1.00 bits per heavy atom. The van der Waals surface area contributed by atoms with E-state index in [2.05, 4.69) is 13.8 Å². The summed E-state index contributed by atoms with van der Waals surface area (Å²) in [5.74, 6) is 2.19. The van der Waals surface area contributed by atoms with Gasteiger partial charge in [-0.1, -0.05) is 127 Å². The number of ether oxygens (including phenoxy) is 6. The van der Waals surface area contributed by atoms with Crippen LogP contribution < -0.4 is 28.4 Å². The zero-order valence-corrected chi connectivity index (χ0v) is 39.7.